The average molecular weight is 252 g/mol. The zero-order valence-electron chi connectivity index (χ0n) is 11.5. The Kier molecular flexibility index (Phi) is 4.40. The van der Waals surface area contributed by atoms with Crippen molar-refractivity contribution in [1.29, 1.82) is 0 Å². The van der Waals surface area contributed by atoms with Gasteiger partial charge in [-0.25, -0.2) is 0 Å². The lowest BCUT2D eigenvalue weighted by atomic mass is 9.97. The van der Waals surface area contributed by atoms with Crippen LogP contribution in [-0.4, -0.2) is 33.7 Å². The smallest absolute Gasteiger partial charge is 0.0864 e. The Bertz CT molecular complexity index is 378. The highest BCUT2D eigenvalue weighted by atomic mass is 16.5. The maximum Gasteiger partial charge on any atom is 0.0864 e. The molecule has 2 rings (SSSR count). The maximum absolute atomic E-state index is 10.2. The van der Waals surface area contributed by atoms with Crippen molar-refractivity contribution >= 4 is 0 Å². The number of nitrogens with zero attached hydrogens (tertiary/aromatic N) is 2. The van der Waals surface area contributed by atoms with Crippen molar-refractivity contribution < 1.29 is 9.84 Å². The molecule has 0 amide bonds. The van der Waals surface area contributed by atoms with Gasteiger partial charge in [-0.05, 0) is 31.7 Å². The number of aliphatic hydroxyl groups is 1. The number of ether oxygens (including phenoxy) is 1. The van der Waals surface area contributed by atoms with Crippen molar-refractivity contribution in [2.45, 2.75) is 58.3 Å². The van der Waals surface area contributed by atoms with Gasteiger partial charge < -0.3 is 9.84 Å². The number of aliphatic hydroxyl groups excluding tert-OH is 1. The van der Waals surface area contributed by atoms with Gasteiger partial charge >= 0.3 is 0 Å². The van der Waals surface area contributed by atoms with Crippen molar-refractivity contribution in [3.05, 3.63) is 18.0 Å². The minimum absolute atomic E-state index is 0.0289. The molecule has 18 heavy (non-hydrogen) atoms. The van der Waals surface area contributed by atoms with Crippen LogP contribution in [0.25, 0.3) is 0 Å². The average Bonchev–Trinajstić information content (AvgIpc) is 2.97. The molecule has 0 aromatic carbocycles. The Balaban J connectivity index is 1.94. The van der Waals surface area contributed by atoms with Gasteiger partial charge in [0, 0.05) is 25.3 Å². The van der Waals surface area contributed by atoms with Gasteiger partial charge in [0.2, 0.25) is 0 Å². The minimum atomic E-state index is -0.442. The van der Waals surface area contributed by atoms with Crippen LogP contribution < -0.4 is 0 Å². The molecule has 1 aliphatic rings. The van der Waals surface area contributed by atoms with Crippen molar-refractivity contribution in [1.82, 2.24) is 9.78 Å². The molecule has 4 atom stereocenters. The molecule has 0 spiro atoms. The molecule has 0 bridgehead atoms. The predicted molar refractivity (Wildman–Crippen MR) is 70.5 cm³/mol. The van der Waals surface area contributed by atoms with E-state index in [0.29, 0.717) is 18.4 Å². The van der Waals surface area contributed by atoms with Crippen molar-refractivity contribution in [2.75, 3.05) is 6.61 Å². The summed E-state index contributed by atoms with van der Waals surface area (Å²) < 4.78 is 7.56. The SMILES string of the molecule is CCC(C)n1ccc(CC(O)C2OCCC2C)n1. The van der Waals surface area contributed by atoms with Gasteiger partial charge in [0.05, 0.1) is 17.9 Å². The maximum atomic E-state index is 10.2. The third-order valence-electron chi connectivity index (χ3n) is 3.95. The molecule has 102 valence electrons. The third kappa shape index (κ3) is 2.93. The van der Waals surface area contributed by atoms with Crippen LogP contribution in [0.1, 0.15) is 45.3 Å². The second-order valence-corrected chi connectivity index (χ2v) is 5.42. The largest absolute Gasteiger partial charge is 0.390 e. The highest BCUT2D eigenvalue weighted by Crippen LogP contribution is 2.24. The predicted octanol–water partition coefficient (Wildman–Crippen LogP) is 2.18. The summed E-state index contributed by atoms with van der Waals surface area (Å²) in [5.41, 5.74) is 0.950. The Morgan fingerprint density at radius 2 is 2.39 bits per heavy atom. The number of rotatable bonds is 5. The van der Waals surface area contributed by atoms with Crippen LogP contribution in [0.4, 0.5) is 0 Å². The van der Waals surface area contributed by atoms with E-state index in [4.69, 9.17) is 4.74 Å². The lowest BCUT2D eigenvalue weighted by Gasteiger charge is -2.20. The summed E-state index contributed by atoms with van der Waals surface area (Å²) in [6, 6.07) is 2.41. The van der Waals surface area contributed by atoms with Crippen LogP contribution in [0.3, 0.4) is 0 Å². The Labute approximate surface area is 109 Å². The fourth-order valence-electron chi connectivity index (χ4n) is 2.46. The molecule has 4 heteroatoms. The van der Waals surface area contributed by atoms with Gasteiger partial charge in [-0.15, -0.1) is 0 Å². The van der Waals surface area contributed by atoms with Crippen molar-refractivity contribution in [3.63, 3.8) is 0 Å². The fraction of sp³-hybridized carbons (Fsp3) is 0.786. The second kappa shape index (κ2) is 5.85. The molecule has 1 fully saturated rings. The molecular formula is C14H24N2O2. The van der Waals surface area contributed by atoms with Crippen LogP contribution >= 0.6 is 0 Å². The molecular weight excluding hydrogens is 228 g/mol. The monoisotopic (exact) mass is 252 g/mol. The fourth-order valence-corrected chi connectivity index (χ4v) is 2.46. The van der Waals surface area contributed by atoms with E-state index in [1.165, 1.54) is 0 Å². The summed E-state index contributed by atoms with van der Waals surface area (Å²) in [7, 11) is 0. The summed E-state index contributed by atoms with van der Waals surface area (Å²) in [5, 5.41) is 14.7. The van der Waals surface area contributed by atoms with Gasteiger partial charge in [0.15, 0.2) is 0 Å². The second-order valence-electron chi connectivity index (χ2n) is 5.42. The van der Waals surface area contributed by atoms with Crippen LogP contribution in [0.15, 0.2) is 12.3 Å². The van der Waals surface area contributed by atoms with E-state index in [1.54, 1.807) is 0 Å². The first-order valence-corrected chi connectivity index (χ1v) is 6.95. The van der Waals surface area contributed by atoms with Crippen LogP contribution in [0.5, 0.6) is 0 Å². The van der Waals surface area contributed by atoms with E-state index < -0.39 is 6.10 Å². The van der Waals surface area contributed by atoms with Gasteiger partial charge in [0.1, 0.15) is 0 Å². The first kappa shape index (κ1) is 13.6. The summed E-state index contributed by atoms with van der Waals surface area (Å²) in [4.78, 5) is 0. The zero-order chi connectivity index (χ0) is 13.1. The molecule has 4 nitrogen and oxygen atoms in total. The molecule has 0 saturated carbocycles. The Hall–Kier alpha value is -0.870. The van der Waals surface area contributed by atoms with Crippen LogP contribution in [-0.2, 0) is 11.2 Å². The normalized spacial score (nSPS) is 27.3. The molecule has 1 aliphatic heterocycles. The van der Waals surface area contributed by atoms with E-state index in [1.807, 2.05) is 16.9 Å². The lowest BCUT2D eigenvalue weighted by molar-refractivity contribution is -0.0162. The molecule has 1 aromatic rings. The molecule has 1 saturated heterocycles. The number of hydrogen-bond donors (Lipinski definition) is 1. The molecule has 4 unspecified atom stereocenters. The van der Waals surface area contributed by atoms with E-state index in [9.17, 15) is 5.11 Å². The molecule has 1 N–H and O–H groups in total. The summed E-state index contributed by atoms with van der Waals surface area (Å²) in [5.74, 6) is 0.441. The highest BCUT2D eigenvalue weighted by molar-refractivity contribution is 5.02. The zero-order valence-corrected chi connectivity index (χ0v) is 11.5. The van der Waals surface area contributed by atoms with E-state index in [2.05, 4.69) is 25.9 Å². The van der Waals surface area contributed by atoms with Gasteiger partial charge in [-0.1, -0.05) is 13.8 Å². The number of aromatic nitrogens is 2. The summed E-state index contributed by atoms with van der Waals surface area (Å²) in [6.45, 7) is 7.20. The van der Waals surface area contributed by atoms with Gasteiger partial charge in [-0.2, -0.15) is 5.10 Å². The van der Waals surface area contributed by atoms with Crippen molar-refractivity contribution in [2.24, 2.45) is 5.92 Å². The van der Waals surface area contributed by atoms with E-state index >= 15 is 0 Å². The highest BCUT2D eigenvalue weighted by Gasteiger charge is 2.31. The first-order chi connectivity index (χ1) is 8.61. The van der Waals surface area contributed by atoms with Crippen LogP contribution in [0, 0.1) is 5.92 Å². The summed E-state index contributed by atoms with van der Waals surface area (Å²) >= 11 is 0. The Morgan fingerprint density at radius 3 is 3.00 bits per heavy atom. The summed E-state index contributed by atoms with van der Waals surface area (Å²) in [6.07, 6.45) is 4.21. The third-order valence-corrected chi connectivity index (χ3v) is 3.95. The quantitative estimate of drug-likeness (QED) is 0.873. The van der Waals surface area contributed by atoms with Gasteiger partial charge in [0.25, 0.3) is 0 Å². The van der Waals surface area contributed by atoms with Crippen molar-refractivity contribution in [3.8, 4) is 0 Å². The number of hydrogen-bond acceptors (Lipinski definition) is 3. The van der Waals surface area contributed by atoms with E-state index in [0.717, 1.165) is 25.1 Å². The first-order valence-electron chi connectivity index (χ1n) is 6.95. The van der Waals surface area contributed by atoms with Gasteiger partial charge in [-0.3, -0.25) is 4.68 Å². The Morgan fingerprint density at radius 1 is 1.61 bits per heavy atom. The lowest BCUT2D eigenvalue weighted by Crippen LogP contribution is -2.32. The molecule has 0 aliphatic carbocycles. The minimum Gasteiger partial charge on any atom is -0.390 e. The van der Waals surface area contributed by atoms with Crippen LogP contribution in [0.2, 0.25) is 0 Å². The standard InChI is InChI=1S/C14H24N2O2/c1-4-11(3)16-7-5-12(15-16)9-13(17)14-10(2)6-8-18-14/h5,7,10-11,13-14,17H,4,6,8-9H2,1-3H3. The topological polar surface area (TPSA) is 47.3 Å². The molecule has 0 radical (unpaired) electrons. The van der Waals surface area contributed by atoms with E-state index in [-0.39, 0.29) is 6.10 Å². The molecule has 2 heterocycles. The molecule has 1 aromatic heterocycles.